The van der Waals surface area contributed by atoms with E-state index in [1.807, 2.05) is 0 Å². The summed E-state index contributed by atoms with van der Waals surface area (Å²) in [4.78, 5) is 10.1. The van der Waals surface area contributed by atoms with Crippen LogP contribution in [-0.4, -0.2) is 29.2 Å². The van der Waals surface area contributed by atoms with Crippen molar-refractivity contribution in [2.45, 2.75) is 18.9 Å². The molecule has 1 heterocycles. The molecular formula is C12H16N2O3. The highest BCUT2D eigenvalue weighted by atomic mass is 16.6. The monoisotopic (exact) mass is 236 g/mol. The molecule has 1 aromatic rings. The maximum atomic E-state index is 10.5. The van der Waals surface area contributed by atoms with Crippen molar-refractivity contribution < 1.29 is 10.0 Å². The lowest BCUT2D eigenvalue weighted by Gasteiger charge is -2.28. The number of piperidine rings is 1. The molecule has 1 saturated heterocycles. The third-order valence-electron chi connectivity index (χ3n) is 3.21. The fourth-order valence-corrected chi connectivity index (χ4v) is 2.17. The molecule has 0 amide bonds. The highest BCUT2D eigenvalue weighted by molar-refractivity contribution is 5.33. The molecular weight excluding hydrogens is 220 g/mol. The molecule has 1 aliphatic heterocycles. The van der Waals surface area contributed by atoms with Gasteiger partial charge in [0, 0.05) is 24.6 Å². The lowest BCUT2D eigenvalue weighted by atomic mass is 9.90. The number of aliphatic hydroxyl groups is 1. The quantitative estimate of drug-likeness (QED) is 0.609. The Hall–Kier alpha value is -1.46. The average Bonchev–Trinajstić information content (AvgIpc) is 2.33. The van der Waals surface area contributed by atoms with Gasteiger partial charge in [-0.3, -0.25) is 10.1 Å². The Kier molecular flexibility index (Phi) is 3.71. The average molecular weight is 236 g/mol. The highest BCUT2D eigenvalue weighted by Gasteiger charge is 2.22. The van der Waals surface area contributed by atoms with Crippen molar-refractivity contribution in [2.24, 2.45) is 5.92 Å². The molecule has 1 aliphatic rings. The number of nitrogens with one attached hydrogen (secondary N) is 1. The van der Waals surface area contributed by atoms with Gasteiger partial charge in [0.2, 0.25) is 0 Å². The molecule has 0 saturated carbocycles. The van der Waals surface area contributed by atoms with E-state index < -0.39 is 4.92 Å². The molecule has 1 aromatic carbocycles. The van der Waals surface area contributed by atoms with Crippen molar-refractivity contribution in [3.63, 3.8) is 0 Å². The third-order valence-corrected chi connectivity index (χ3v) is 3.21. The van der Waals surface area contributed by atoms with Crippen LogP contribution in [0.3, 0.4) is 0 Å². The van der Waals surface area contributed by atoms with Crippen LogP contribution in [0.2, 0.25) is 0 Å². The standard InChI is InChI=1S/C12H16N2O3/c15-12-5-6-13-8-10(12)7-9-1-3-11(4-2-9)14(16)17/h1-4,10,12-13,15H,5-8H2. The van der Waals surface area contributed by atoms with E-state index in [1.54, 1.807) is 12.1 Å². The van der Waals surface area contributed by atoms with Gasteiger partial charge in [0.1, 0.15) is 0 Å². The molecule has 2 unspecified atom stereocenters. The van der Waals surface area contributed by atoms with Crippen LogP contribution in [0.15, 0.2) is 24.3 Å². The Labute approximate surface area is 99.6 Å². The van der Waals surface area contributed by atoms with Crippen molar-refractivity contribution >= 4 is 5.69 Å². The van der Waals surface area contributed by atoms with E-state index in [1.165, 1.54) is 12.1 Å². The molecule has 0 aromatic heterocycles. The topological polar surface area (TPSA) is 75.4 Å². The van der Waals surface area contributed by atoms with Gasteiger partial charge in [0.25, 0.3) is 5.69 Å². The summed E-state index contributed by atoms with van der Waals surface area (Å²) in [6.07, 6.45) is 1.26. The van der Waals surface area contributed by atoms with Gasteiger partial charge < -0.3 is 10.4 Å². The van der Waals surface area contributed by atoms with E-state index in [2.05, 4.69) is 5.32 Å². The van der Waals surface area contributed by atoms with E-state index in [4.69, 9.17) is 0 Å². The maximum absolute atomic E-state index is 10.5. The van der Waals surface area contributed by atoms with Gasteiger partial charge in [-0.15, -0.1) is 0 Å². The number of nitro benzene ring substituents is 1. The van der Waals surface area contributed by atoms with Gasteiger partial charge in [-0.2, -0.15) is 0 Å². The van der Waals surface area contributed by atoms with Gasteiger partial charge in [-0.05, 0) is 24.9 Å². The molecule has 0 radical (unpaired) electrons. The summed E-state index contributed by atoms with van der Waals surface area (Å²) in [6.45, 7) is 1.66. The first kappa shape index (κ1) is 12.0. The first-order valence-corrected chi connectivity index (χ1v) is 5.79. The van der Waals surface area contributed by atoms with Crippen LogP contribution in [0.25, 0.3) is 0 Å². The summed E-state index contributed by atoms with van der Waals surface area (Å²) in [7, 11) is 0. The van der Waals surface area contributed by atoms with Gasteiger partial charge >= 0.3 is 0 Å². The van der Waals surface area contributed by atoms with Gasteiger partial charge in [0.15, 0.2) is 0 Å². The van der Waals surface area contributed by atoms with E-state index in [0.29, 0.717) is 0 Å². The van der Waals surface area contributed by atoms with Crippen LogP contribution < -0.4 is 5.32 Å². The molecule has 0 aliphatic carbocycles. The van der Waals surface area contributed by atoms with Crippen LogP contribution in [0, 0.1) is 16.0 Å². The number of hydrogen-bond donors (Lipinski definition) is 2. The molecule has 5 heteroatoms. The summed E-state index contributed by atoms with van der Waals surface area (Å²) in [5, 5.41) is 23.6. The number of rotatable bonds is 3. The fraction of sp³-hybridized carbons (Fsp3) is 0.500. The second kappa shape index (κ2) is 5.25. The van der Waals surface area contributed by atoms with Crippen molar-refractivity contribution in [1.82, 2.24) is 5.32 Å². The number of nitrogens with zero attached hydrogens (tertiary/aromatic N) is 1. The lowest BCUT2D eigenvalue weighted by molar-refractivity contribution is -0.384. The van der Waals surface area contributed by atoms with Crippen molar-refractivity contribution in [3.05, 3.63) is 39.9 Å². The minimum atomic E-state index is -0.402. The minimum Gasteiger partial charge on any atom is -0.393 e. The van der Waals surface area contributed by atoms with Crippen LogP contribution in [0.1, 0.15) is 12.0 Å². The van der Waals surface area contributed by atoms with E-state index in [-0.39, 0.29) is 17.7 Å². The Balaban J connectivity index is 2.00. The Morgan fingerprint density at radius 2 is 2.12 bits per heavy atom. The predicted octanol–water partition coefficient (Wildman–Crippen LogP) is 1.11. The zero-order valence-corrected chi connectivity index (χ0v) is 9.50. The summed E-state index contributed by atoms with van der Waals surface area (Å²) in [5.41, 5.74) is 1.14. The second-order valence-corrected chi connectivity index (χ2v) is 4.45. The highest BCUT2D eigenvalue weighted by Crippen LogP contribution is 2.19. The van der Waals surface area contributed by atoms with Gasteiger partial charge in [-0.1, -0.05) is 12.1 Å². The van der Waals surface area contributed by atoms with Crippen LogP contribution >= 0.6 is 0 Å². The molecule has 2 N–H and O–H groups in total. The Bertz CT molecular complexity index is 391. The molecule has 0 bridgehead atoms. The number of nitro groups is 1. The lowest BCUT2D eigenvalue weighted by Crippen LogP contribution is -2.40. The maximum Gasteiger partial charge on any atom is 0.269 e. The second-order valence-electron chi connectivity index (χ2n) is 4.45. The minimum absolute atomic E-state index is 0.107. The summed E-state index contributed by atoms with van der Waals surface area (Å²) in [5.74, 6) is 0.199. The number of aliphatic hydroxyl groups excluding tert-OH is 1. The number of non-ortho nitro benzene ring substituents is 1. The van der Waals surface area contributed by atoms with E-state index >= 15 is 0 Å². The van der Waals surface area contributed by atoms with E-state index in [0.717, 1.165) is 31.5 Å². The molecule has 2 rings (SSSR count). The van der Waals surface area contributed by atoms with Crippen molar-refractivity contribution in [1.29, 1.82) is 0 Å². The third kappa shape index (κ3) is 3.01. The summed E-state index contributed by atoms with van der Waals surface area (Å²) in [6, 6.07) is 6.55. The molecule has 92 valence electrons. The molecule has 2 atom stereocenters. The zero-order valence-electron chi connectivity index (χ0n) is 9.50. The van der Waals surface area contributed by atoms with Crippen LogP contribution in [0.5, 0.6) is 0 Å². The largest absolute Gasteiger partial charge is 0.393 e. The summed E-state index contributed by atoms with van der Waals surface area (Å²) < 4.78 is 0. The number of hydrogen-bond acceptors (Lipinski definition) is 4. The molecule has 5 nitrogen and oxygen atoms in total. The normalized spacial score (nSPS) is 24.5. The van der Waals surface area contributed by atoms with E-state index in [9.17, 15) is 15.2 Å². The molecule has 17 heavy (non-hydrogen) atoms. The van der Waals surface area contributed by atoms with Crippen molar-refractivity contribution in [2.75, 3.05) is 13.1 Å². The summed E-state index contributed by atoms with van der Waals surface area (Å²) >= 11 is 0. The smallest absolute Gasteiger partial charge is 0.269 e. The molecule has 1 fully saturated rings. The fourth-order valence-electron chi connectivity index (χ4n) is 2.17. The zero-order chi connectivity index (χ0) is 12.3. The van der Waals surface area contributed by atoms with Crippen LogP contribution in [0.4, 0.5) is 5.69 Å². The first-order valence-electron chi connectivity index (χ1n) is 5.79. The van der Waals surface area contributed by atoms with Gasteiger partial charge in [0.05, 0.1) is 11.0 Å². The Morgan fingerprint density at radius 1 is 1.41 bits per heavy atom. The first-order chi connectivity index (χ1) is 8.16. The van der Waals surface area contributed by atoms with Crippen LogP contribution in [-0.2, 0) is 6.42 Å². The Morgan fingerprint density at radius 3 is 2.71 bits per heavy atom. The van der Waals surface area contributed by atoms with Gasteiger partial charge in [-0.25, -0.2) is 0 Å². The number of benzene rings is 1. The van der Waals surface area contributed by atoms with Crippen molar-refractivity contribution in [3.8, 4) is 0 Å². The SMILES string of the molecule is O=[N+]([O-])c1ccc(CC2CNCCC2O)cc1. The molecule has 0 spiro atoms. The predicted molar refractivity (Wildman–Crippen MR) is 63.8 cm³/mol.